The van der Waals surface area contributed by atoms with Crippen molar-refractivity contribution in [2.75, 3.05) is 5.32 Å². The normalized spacial score (nSPS) is 14.9. The first kappa shape index (κ1) is 11.5. The zero-order valence-corrected chi connectivity index (χ0v) is 12.1. The van der Waals surface area contributed by atoms with E-state index in [2.05, 4.69) is 26.2 Å². The quantitative estimate of drug-likeness (QED) is 0.875. The monoisotopic (exact) mass is 328 g/mol. The average Bonchev–Trinajstić information content (AvgIpc) is 2.96. The van der Waals surface area contributed by atoms with Gasteiger partial charge in [0, 0.05) is 21.5 Å². The first-order chi connectivity index (χ1) is 8.22. The number of halogens is 2. The molecule has 1 heterocycles. The van der Waals surface area contributed by atoms with Gasteiger partial charge in [-0.1, -0.05) is 33.6 Å². The number of hydrogen-bond donors (Lipinski definition) is 1. The number of thiazole rings is 1. The topological polar surface area (TPSA) is 24.9 Å². The summed E-state index contributed by atoms with van der Waals surface area (Å²) in [6.45, 7) is 0. The molecule has 1 saturated carbocycles. The molecule has 0 bridgehead atoms. The summed E-state index contributed by atoms with van der Waals surface area (Å²) in [6.07, 6.45) is 2.52. The van der Waals surface area contributed by atoms with Gasteiger partial charge in [0.15, 0.2) is 5.13 Å². The van der Waals surface area contributed by atoms with Crippen molar-refractivity contribution < 1.29 is 0 Å². The van der Waals surface area contributed by atoms with E-state index in [9.17, 15) is 0 Å². The minimum Gasteiger partial charge on any atom is -0.359 e. The zero-order valence-electron chi connectivity index (χ0n) is 8.91. The van der Waals surface area contributed by atoms with Crippen LogP contribution in [0, 0.1) is 0 Å². The Kier molecular flexibility index (Phi) is 3.11. The molecule has 1 fully saturated rings. The molecule has 0 spiro atoms. The van der Waals surface area contributed by atoms with E-state index < -0.39 is 0 Å². The van der Waals surface area contributed by atoms with Crippen LogP contribution in [0.2, 0.25) is 5.02 Å². The second kappa shape index (κ2) is 4.59. The predicted molar refractivity (Wildman–Crippen MR) is 76.9 cm³/mol. The first-order valence-electron chi connectivity index (χ1n) is 5.40. The Morgan fingerprint density at radius 3 is 2.94 bits per heavy atom. The summed E-state index contributed by atoms with van der Waals surface area (Å²) in [6, 6.07) is 6.50. The van der Waals surface area contributed by atoms with E-state index in [0.29, 0.717) is 6.04 Å². The van der Waals surface area contributed by atoms with E-state index in [4.69, 9.17) is 11.6 Å². The summed E-state index contributed by atoms with van der Waals surface area (Å²) in [4.78, 5) is 4.56. The minimum absolute atomic E-state index is 0.634. The summed E-state index contributed by atoms with van der Waals surface area (Å²) in [7, 11) is 0. The Morgan fingerprint density at radius 2 is 2.24 bits per heavy atom. The third-order valence-corrected chi connectivity index (χ3v) is 4.20. The van der Waals surface area contributed by atoms with Crippen LogP contribution in [0.25, 0.3) is 11.3 Å². The summed E-state index contributed by atoms with van der Waals surface area (Å²) >= 11 is 11.2. The second-order valence-corrected chi connectivity index (χ2v) is 6.26. The number of aromatic nitrogens is 1. The molecule has 17 heavy (non-hydrogen) atoms. The van der Waals surface area contributed by atoms with Crippen LogP contribution in [-0.4, -0.2) is 11.0 Å². The van der Waals surface area contributed by atoms with E-state index in [1.54, 1.807) is 11.3 Å². The minimum atomic E-state index is 0.634. The van der Waals surface area contributed by atoms with E-state index in [0.717, 1.165) is 25.9 Å². The van der Waals surface area contributed by atoms with Gasteiger partial charge in [-0.05, 0) is 25.0 Å². The number of anilines is 1. The fourth-order valence-corrected chi connectivity index (χ4v) is 3.12. The van der Waals surface area contributed by atoms with Crippen LogP contribution < -0.4 is 5.32 Å². The highest BCUT2D eigenvalue weighted by atomic mass is 79.9. The van der Waals surface area contributed by atoms with Gasteiger partial charge in [0.2, 0.25) is 0 Å². The van der Waals surface area contributed by atoms with Crippen molar-refractivity contribution in [1.29, 1.82) is 0 Å². The van der Waals surface area contributed by atoms with Gasteiger partial charge in [0.1, 0.15) is 0 Å². The molecule has 0 unspecified atom stereocenters. The molecule has 2 aromatic rings. The van der Waals surface area contributed by atoms with Gasteiger partial charge in [0.25, 0.3) is 0 Å². The van der Waals surface area contributed by atoms with Gasteiger partial charge in [0.05, 0.1) is 10.7 Å². The third-order valence-electron chi connectivity index (χ3n) is 2.62. The molecule has 2 nitrogen and oxygen atoms in total. The molecule has 0 aliphatic heterocycles. The van der Waals surface area contributed by atoms with E-state index in [1.165, 1.54) is 12.8 Å². The van der Waals surface area contributed by atoms with Crippen molar-refractivity contribution in [3.05, 3.63) is 33.1 Å². The lowest BCUT2D eigenvalue weighted by Crippen LogP contribution is -1.99. The maximum atomic E-state index is 6.21. The first-order valence-corrected chi connectivity index (χ1v) is 7.45. The van der Waals surface area contributed by atoms with E-state index in [-0.39, 0.29) is 0 Å². The molecule has 0 radical (unpaired) electrons. The molecular formula is C12H10BrClN2S. The molecule has 5 heteroatoms. The van der Waals surface area contributed by atoms with Crippen LogP contribution in [0.4, 0.5) is 5.13 Å². The van der Waals surface area contributed by atoms with Crippen molar-refractivity contribution in [2.24, 2.45) is 0 Å². The molecule has 0 saturated heterocycles. The number of rotatable bonds is 3. The van der Waals surface area contributed by atoms with E-state index >= 15 is 0 Å². The molecular weight excluding hydrogens is 320 g/mol. The van der Waals surface area contributed by atoms with Crippen molar-refractivity contribution in [1.82, 2.24) is 4.98 Å². The zero-order chi connectivity index (χ0) is 11.8. The molecule has 1 aliphatic carbocycles. The standard InChI is InChI=1S/C12H10BrClN2S/c13-7-1-4-9(10(14)5-7)11-6-17-12(16-11)15-8-2-3-8/h1,4-6,8H,2-3H2,(H,15,16). The van der Waals surface area contributed by atoms with E-state index in [1.807, 2.05) is 23.6 Å². The number of nitrogens with zero attached hydrogens (tertiary/aromatic N) is 1. The SMILES string of the molecule is Clc1cc(Br)ccc1-c1csc(NC2CC2)n1. The van der Waals surface area contributed by atoms with Crippen molar-refractivity contribution in [3.8, 4) is 11.3 Å². The smallest absolute Gasteiger partial charge is 0.183 e. The molecule has 0 amide bonds. The highest BCUT2D eigenvalue weighted by Crippen LogP contribution is 2.34. The molecule has 1 aromatic heterocycles. The Labute approximate surface area is 117 Å². The lowest BCUT2D eigenvalue weighted by Gasteiger charge is -2.01. The number of nitrogens with one attached hydrogen (secondary N) is 1. The highest BCUT2D eigenvalue weighted by Gasteiger charge is 2.22. The van der Waals surface area contributed by atoms with Crippen LogP contribution in [0.5, 0.6) is 0 Å². The maximum Gasteiger partial charge on any atom is 0.183 e. The van der Waals surface area contributed by atoms with Crippen molar-refractivity contribution in [2.45, 2.75) is 18.9 Å². The van der Waals surface area contributed by atoms with Crippen LogP contribution >= 0.6 is 38.9 Å². The number of hydrogen-bond acceptors (Lipinski definition) is 3. The number of benzene rings is 1. The van der Waals surface area contributed by atoms with Gasteiger partial charge in [-0.25, -0.2) is 4.98 Å². The van der Waals surface area contributed by atoms with Gasteiger partial charge >= 0.3 is 0 Å². The summed E-state index contributed by atoms with van der Waals surface area (Å²) in [5.74, 6) is 0. The Bertz CT molecular complexity index is 551. The third kappa shape index (κ3) is 2.64. The average molecular weight is 330 g/mol. The highest BCUT2D eigenvalue weighted by molar-refractivity contribution is 9.10. The van der Waals surface area contributed by atoms with Crippen molar-refractivity contribution in [3.63, 3.8) is 0 Å². The Morgan fingerprint density at radius 1 is 1.41 bits per heavy atom. The molecule has 3 rings (SSSR count). The summed E-state index contributed by atoms with van der Waals surface area (Å²) in [5, 5.41) is 7.15. The lowest BCUT2D eigenvalue weighted by molar-refractivity contribution is 1.14. The van der Waals surface area contributed by atoms with Crippen molar-refractivity contribution >= 4 is 44.0 Å². The van der Waals surface area contributed by atoms with Gasteiger partial charge in [-0.3, -0.25) is 0 Å². The Balaban J connectivity index is 1.89. The maximum absolute atomic E-state index is 6.21. The molecule has 1 N–H and O–H groups in total. The van der Waals surface area contributed by atoms with Crippen LogP contribution in [0.3, 0.4) is 0 Å². The van der Waals surface area contributed by atoms with Crippen LogP contribution in [-0.2, 0) is 0 Å². The largest absolute Gasteiger partial charge is 0.359 e. The summed E-state index contributed by atoms with van der Waals surface area (Å²) in [5.41, 5.74) is 1.92. The summed E-state index contributed by atoms with van der Waals surface area (Å²) < 4.78 is 0.984. The molecule has 88 valence electrons. The predicted octanol–water partition coefficient (Wildman–Crippen LogP) is 4.80. The van der Waals surface area contributed by atoms with Gasteiger partial charge < -0.3 is 5.32 Å². The molecule has 0 atom stereocenters. The fourth-order valence-electron chi connectivity index (χ4n) is 1.56. The van der Waals surface area contributed by atoms with Crippen LogP contribution in [0.15, 0.2) is 28.1 Å². The lowest BCUT2D eigenvalue weighted by atomic mass is 10.2. The molecule has 1 aliphatic rings. The Hall–Kier alpha value is -0.580. The van der Waals surface area contributed by atoms with Crippen LogP contribution in [0.1, 0.15) is 12.8 Å². The molecule has 1 aromatic carbocycles. The van der Waals surface area contributed by atoms with Gasteiger partial charge in [-0.15, -0.1) is 11.3 Å². The van der Waals surface area contributed by atoms with Gasteiger partial charge in [-0.2, -0.15) is 0 Å². The second-order valence-electron chi connectivity index (χ2n) is 4.08. The fraction of sp³-hybridized carbons (Fsp3) is 0.250.